The second-order valence-electron chi connectivity index (χ2n) is 4.86. The number of Topliss-reactive ketones (excluding diaryl/α,β-unsaturated/α-hetero) is 1. The van der Waals surface area contributed by atoms with Crippen molar-refractivity contribution in [3.8, 4) is 0 Å². The second kappa shape index (κ2) is 6.35. The summed E-state index contributed by atoms with van der Waals surface area (Å²) < 4.78 is 2.86. The molecule has 0 bridgehead atoms. The molecule has 0 fully saturated rings. The Kier molecular flexibility index (Phi) is 4.76. The molecule has 1 heterocycles. The molecular formula is C16H19BrN2O. The number of nitrogens with zero attached hydrogens (tertiary/aromatic N) is 2. The largest absolute Gasteiger partial charge is 0.294 e. The van der Waals surface area contributed by atoms with Crippen molar-refractivity contribution in [3.63, 3.8) is 0 Å². The zero-order chi connectivity index (χ0) is 14.7. The average Bonchev–Trinajstić information content (AvgIpc) is 2.83. The van der Waals surface area contributed by atoms with E-state index >= 15 is 0 Å². The Hall–Kier alpha value is -1.42. The molecule has 0 atom stereocenters. The first kappa shape index (κ1) is 15.0. The molecule has 20 heavy (non-hydrogen) atoms. The molecule has 0 aliphatic carbocycles. The van der Waals surface area contributed by atoms with Gasteiger partial charge in [0.2, 0.25) is 0 Å². The van der Waals surface area contributed by atoms with Gasteiger partial charge in [0.05, 0.1) is 12.1 Å². The van der Waals surface area contributed by atoms with E-state index in [0.717, 1.165) is 40.0 Å². The molecule has 0 saturated heterocycles. The van der Waals surface area contributed by atoms with E-state index in [1.165, 1.54) is 0 Å². The van der Waals surface area contributed by atoms with Gasteiger partial charge in [-0.25, -0.2) is 0 Å². The zero-order valence-corrected chi connectivity index (χ0v) is 13.7. The molecule has 0 unspecified atom stereocenters. The van der Waals surface area contributed by atoms with Gasteiger partial charge in [-0.3, -0.25) is 9.48 Å². The van der Waals surface area contributed by atoms with Gasteiger partial charge in [0.25, 0.3) is 0 Å². The fourth-order valence-electron chi connectivity index (χ4n) is 2.26. The van der Waals surface area contributed by atoms with E-state index in [0.29, 0.717) is 6.42 Å². The van der Waals surface area contributed by atoms with Crippen molar-refractivity contribution >= 4 is 21.7 Å². The summed E-state index contributed by atoms with van der Waals surface area (Å²) in [6.07, 6.45) is 1.29. The highest BCUT2D eigenvalue weighted by Gasteiger charge is 2.14. The predicted octanol–water partition coefficient (Wildman–Crippen LogP) is 3.96. The van der Waals surface area contributed by atoms with Gasteiger partial charge in [0.1, 0.15) is 0 Å². The molecule has 0 N–H and O–H groups in total. The molecule has 0 saturated carbocycles. The van der Waals surface area contributed by atoms with Gasteiger partial charge in [-0.1, -0.05) is 28.9 Å². The molecule has 0 aliphatic heterocycles. The summed E-state index contributed by atoms with van der Waals surface area (Å²) in [5.41, 5.74) is 3.83. The van der Waals surface area contributed by atoms with Gasteiger partial charge in [0.15, 0.2) is 5.78 Å². The maximum atomic E-state index is 12.5. The van der Waals surface area contributed by atoms with Crippen molar-refractivity contribution in [3.05, 3.63) is 51.3 Å². The SMILES string of the molecule is CCc1cc(CC(=O)c2cc(Br)ccc2C)n(CC)n1. The van der Waals surface area contributed by atoms with Gasteiger partial charge in [0, 0.05) is 22.3 Å². The van der Waals surface area contributed by atoms with Gasteiger partial charge in [-0.05, 0) is 44.0 Å². The summed E-state index contributed by atoms with van der Waals surface area (Å²) in [7, 11) is 0. The third-order valence-electron chi connectivity index (χ3n) is 3.42. The van der Waals surface area contributed by atoms with Crippen molar-refractivity contribution in [1.82, 2.24) is 9.78 Å². The Labute approximate surface area is 128 Å². The number of carbonyl (C=O) groups excluding carboxylic acids is 1. The van der Waals surface area contributed by atoms with Crippen molar-refractivity contribution in [2.75, 3.05) is 0 Å². The van der Waals surface area contributed by atoms with Crippen LogP contribution in [0.1, 0.15) is 41.2 Å². The smallest absolute Gasteiger partial charge is 0.169 e. The van der Waals surface area contributed by atoms with Crippen LogP contribution in [0.3, 0.4) is 0 Å². The molecule has 0 spiro atoms. The van der Waals surface area contributed by atoms with E-state index in [4.69, 9.17) is 0 Å². The summed E-state index contributed by atoms with van der Waals surface area (Å²) in [5.74, 6) is 0.140. The maximum Gasteiger partial charge on any atom is 0.169 e. The highest BCUT2D eigenvalue weighted by atomic mass is 79.9. The fourth-order valence-corrected chi connectivity index (χ4v) is 2.62. The highest BCUT2D eigenvalue weighted by Crippen LogP contribution is 2.18. The number of benzene rings is 1. The van der Waals surface area contributed by atoms with E-state index in [1.54, 1.807) is 0 Å². The second-order valence-corrected chi connectivity index (χ2v) is 5.77. The van der Waals surface area contributed by atoms with Crippen LogP contribution in [0.25, 0.3) is 0 Å². The van der Waals surface area contributed by atoms with Crippen molar-refractivity contribution in [2.24, 2.45) is 0 Å². The summed E-state index contributed by atoms with van der Waals surface area (Å²) in [6.45, 7) is 6.88. The quantitative estimate of drug-likeness (QED) is 0.775. The number of aromatic nitrogens is 2. The summed E-state index contributed by atoms with van der Waals surface area (Å²) in [4.78, 5) is 12.5. The average molecular weight is 335 g/mol. The zero-order valence-electron chi connectivity index (χ0n) is 12.1. The van der Waals surface area contributed by atoms with Crippen LogP contribution >= 0.6 is 15.9 Å². The van der Waals surface area contributed by atoms with Crippen LogP contribution in [-0.4, -0.2) is 15.6 Å². The lowest BCUT2D eigenvalue weighted by atomic mass is 10.0. The lowest BCUT2D eigenvalue weighted by Gasteiger charge is -2.07. The highest BCUT2D eigenvalue weighted by molar-refractivity contribution is 9.10. The molecule has 3 nitrogen and oxygen atoms in total. The van der Waals surface area contributed by atoms with E-state index in [1.807, 2.05) is 42.8 Å². The normalized spacial score (nSPS) is 10.8. The Morgan fingerprint density at radius 2 is 2.05 bits per heavy atom. The molecule has 1 aromatic carbocycles. The van der Waals surface area contributed by atoms with Gasteiger partial charge in [-0.2, -0.15) is 5.10 Å². The van der Waals surface area contributed by atoms with Crippen LogP contribution in [0.15, 0.2) is 28.7 Å². The van der Waals surface area contributed by atoms with Crippen LogP contribution < -0.4 is 0 Å². The number of aryl methyl sites for hydroxylation is 3. The van der Waals surface area contributed by atoms with E-state index in [2.05, 4.69) is 28.0 Å². The van der Waals surface area contributed by atoms with Crippen molar-refractivity contribution in [2.45, 2.75) is 40.2 Å². The Balaban J connectivity index is 2.27. The first-order chi connectivity index (χ1) is 9.55. The summed E-state index contributed by atoms with van der Waals surface area (Å²) in [6, 6.07) is 7.85. The number of ketones is 1. The number of hydrogen-bond donors (Lipinski definition) is 0. The number of halogens is 1. The molecule has 1 aromatic heterocycles. The predicted molar refractivity (Wildman–Crippen MR) is 84.2 cm³/mol. The monoisotopic (exact) mass is 334 g/mol. The van der Waals surface area contributed by atoms with E-state index in [-0.39, 0.29) is 5.78 Å². The Morgan fingerprint density at radius 3 is 2.70 bits per heavy atom. The topological polar surface area (TPSA) is 34.9 Å². The first-order valence-electron chi connectivity index (χ1n) is 6.90. The Bertz CT molecular complexity index is 631. The summed E-state index contributed by atoms with van der Waals surface area (Å²) in [5, 5.41) is 4.49. The molecule has 2 aromatic rings. The standard InChI is InChI=1S/C16H19BrN2O/c1-4-13-9-14(19(5-2)18-13)10-16(20)15-8-12(17)7-6-11(15)3/h6-9H,4-5,10H2,1-3H3. The molecule has 106 valence electrons. The van der Waals surface area contributed by atoms with Crippen molar-refractivity contribution < 1.29 is 4.79 Å². The van der Waals surface area contributed by atoms with Crippen molar-refractivity contribution in [1.29, 1.82) is 0 Å². The third-order valence-corrected chi connectivity index (χ3v) is 3.91. The molecule has 0 amide bonds. The lowest BCUT2D eigenvalue weighted by Crippen LogP contribution is -2.10. The van der Waals surface area contributed by atoms with Crippen LogP contribution in [0.5, 0.6) is 0 Å². The van der Waals surface area contributed by atoms with Gasteiger partial charge >= 0.3 is 0 Å². The molecular weight excluding hydrogens is 316 g/mol. The summed E-state index contributed by atoms with van der Waals surface area (Å²) >= 11 is 3.42. The van der Waals surface area contributed by atoms with Crippen LogP contribution in [0, 0.1) is 6.92 Å². The molecule has 2 rings (SSSR count). The van der Waals surface area contributed by atoms with Gasteiger partial charge in [-0.15, -0.1) is 0 Å². The van der Waals surface area contributed by atoms with Gasteiger partial charge < -0.3 is 0 Å². The molecule has 4 heteroatoms. The molecule has 0 aliphatic rings. The fraction of sp³-hybridized carbons (Fsp3) is 0.375. The van der Waals surface area contributed by atoms with Crippen LogP contribution in [0.4, 0.5) is 0 Å². The third kappa shape index (κ3) is 3.18. The lowest BCUT2D eigenvalue weighted by molar-refractivity contribution is 0.0990. The minimum atomic E-state index is 0.140. The minimum Gasteiger partial charge on any atom is -0.294 e. The van der Waals surface area contributed by atoms with E-state index < -0.39 is 0 Å². The maximum absolute atomic E-state index is 12.5. The first-order valence-corrected chi connectivity index (χ1v) is 7.69. The number of hydrogen-bond acceptors (Lipinski definition) is 2. The Morgan fingerprint density at radius 1 is 1.30 bits per heavy atom. The van der Waals surface area contributed by atoms with E-state index in [9.17, 15) is 4.79 Å². The minimum absolute atomic E-state index is 0.140. The molecule has 0 radical (unpaired) electrons. The van der Waals surface area contributed by atoms with Crippen LogP contribution in [-0.2, 0) is 19.4 Å². The number of rotatable bonds is 5. The van der Waals surface area contributed by atoms with Crippen LogP contribution in [0.2, 0.25) is 0 Å². The number of carbonyl (C=O) groups is 1.